The third kappa shape index (κ3) is 15.7. The summed E-state index contributed by atoms with van der Waals surface area (Å²) in [6.45, 7) is 6.61. The molecule has 1 unspecified atom stereocenters. The summed E-state index contributed by atoms with van der Waals surface area (Å²) in [6.07, 6.45) is 17.4. The van der Waals surface area contributed by atoms with E-state index in [1.807, 2.05) is 0 Å². The number of ether oxygens (including phenoxy) is 1. The van der Waals surface area contributed by atoms with Crippen molar-refractivity contribution in [1.29, 1.82) is 0 Å². The Balaban J connectivity index is 3.38. The Kier molecular flexibility index (Phi) is 15.5. The zero-order valence-electron chi connectivity index (χ0n) is 14.8. The average Bonchev–Trinajstić information content (AvgIpc) is 2.46. The highest BCUT2D eigenvalue weighted by atomic mass is 16.5. The van der Waals surface area contributed by atoms with Gasteiger partial charge in [0.1, 0.15) is 0 Å². The molecule has 2 nitrogen and oxygen atoms in total. The van der Waals surface area contributed by atoms with Crippen LogP contribution in [0.4, 0.5) is 0 Å². The molecule has 0 saturated carbocycles. The van der Waals surface area contributed by atoms with Crippen LogP contribution in [0.1, 0.15) is 104 Å². The van der Waals surface area contributed by atoms with E-state index in [1.165, 1.54) is 90.4 Å². The van der Waals surface area contributed by atoms with Gasteiger partial charge in [-0.25, -0.2) is 0 Å². The van der Waals surface area contributed by atoms with Crippen LogP contribution in [0.2, 0.25) is 0 Å². The minimum Gasteiger partial charge on any atom is -0.466 e. The molecule has 0 amide bonds. The molecule has 0 bridgehead atoms. The predicted octanol–water partition coefficient (Wildman–Crippen LogP) is 6.28. The quantitative estimate of drug-likeness (QED) is 0.263. The first-order chi connectivity index (χ1) is 10.2. The van der Waals surface area contributed by atoms with Gasteiger partial charge in [0.25, 0.3) is 0 Å². The van der Waals surface area contributed by atoms with Crippen LogP contribution in [-0.4, -0.2) is 12.6 Å². The van der Waals surface area contributed by atoms with Crippen LogP contribution in [-0.2, 0) is 9.53 Å². The Labute approximate surface area is 133 Å². The summed E-state index contributed by atoms with van der Waals surface area (Å²) < 4.78 is 5.16. The van der Waals surface area contributed by atoms with Gasteiger partial charge in [-0.2, -0.15) is 0 Å². The fourth-order valence-corrected chi connectivity index (χ4v) is 2.87. The van der Waals surface area contributed by atoms with Crippen LogP contribution in [0, 0.1) is 5.92 Å². The Morgan fingerprint density at radius 3 is 1.76 bits per heavy atom. The number of esters is 1. The third-order valence-corrected chi connectivity index (χ3v) is 4.19. The van der Waals surface area contributed by atoms with E-state index < -0.39 is 0 Å². The molecule has 0 radical (unpaired) electrons. The zero-order chi connectivity index (χ0) is 15.8. The summed E-state index contributed by atoms with van der Waals surface area (Å²) in [5.74, 6) is 0.437. The van der Waals surface area contributed by atoms with Crippen molar-refractivity contribution < 1.29 is 9.53 Å². The minimum atomic E-state index is -0.140. The van der Waals surface area contributed by atoms with Crippen molar-refractivity contribution in [3.8, 4) is 0 Å². The molecule has 2 heteroatoms. The van der Waals surface area contributed by atoms with Gasteiger partial charge in [-0.15, -0.1) is 0 Å². The van der Waals surface area contributed by atoms with Crippen LogP contribution < -0.4 is 0 Å². The summed E-state index contributed by atoms with van der Waals surface area (Å²) in [6, 6.07) is 0. The number of rotatable bonds is 15. The molecule has 0 aromatic heterocycles. The summed E-state index contributed by atoms with van der Waals surface area (Å²) >= 11 is 0. The molecule has 0 fully saturated rings. The molecule has 1 atom stereocenters. The zero-order valence-corrected chi connectivity index (χ0v) is 14.8. The Morgan fingerprint density at radius 2 is 1.29 bits per heavy atom. The molecule has 0 aromatic carbocycles. The Hall–Kier alpha value is -0.530. The lowest BCUT2D eigenvalue weighted by Gasteiger charge is -2.15. The lowest BCUT2D eigenvalue weighted by atomic mass is 9.96. The molecule has 0 rings (SSSR count). The smallest absolute Gasteiger partial charge is 0.302 e. The minimum absolute atomic E-state index is 0.140. The van der Waals surface area contributed by atoms with E-state index in [9.17, 15) is 4.79 Å². The molecule has 0 saturated heterocycles. The van der Waals surface area contributed by atoms with Crippen molar-refractivity contribution in [3.05, 3.63) is 0 Å². The van der Waals surface area contributed by atoms with Crippen molar-refractivity contribution in [2.75, 3.05) is 6.61 Å². The van der Waals surface area contributed by atoms with E-state index in [0.29, 0.717) is 12.5 Å². The maximum absolute atomic E-state index is 10.9. The first-order valence-corrected chi connectivity index (χ1v) is 9.34. The summed E-state index contributed by atoms with van der Waals surface area (Å²) in [5, 5.41) is 0. The van der Waals surface area contributed by atoms with Gasteiger partial charge in [-0.05, 0) is 18.8 Å². The molecule has 0 aromatic rings. The monoisotopic (exact) mass is 298 g/mol. The highest BCUT2D eigenvalue weighted by Crippen LogP contribution is 2.18. The molecular formula is C19H38O2. The number of carbonyl (C=O) groups excluding carboxylic acids is 1. The fourth-order valence-electron chi connectivity index (χ4n) is 2.87. The normalized spacial score (nSPS) is 12.3. The standard InChI is InChI=1S/C19H38O2/c1-4-6-7-8-9-10-11-12-13-14-16-19(15-5-2)17-21-18(3)20/h19H,4-17H2,1-3H3. The van der Waals surface area contributed by atoms with E-state index in [1.54, 1.807) is 0 Å². The van der Waals surface area contributed by atoms with Gasteiger partial charge in [-0.3, -0.25) is 4.79 Å². The first-order valence-electron chi connectivity index (χ1n) is 9.34. The van der Waals surface area contributed by atoms with E-state index in [2.05, 4.69) is 13.8 Å². The van der Waals surface area contributed by atoms with Crippen molar-refractivity contribution in [1.82, 2.24) is 0 Å². The van der Waals surface area contributed by atoms with Crippen molar-refractivity contribution >= 4 is 5.97 Å². The molecule has 0 aliphatic rings. The van der Waals surface area contributed by atoms with Gasteiger partial charge in [0.05, 0.1) is 6.61 Å². The maximum atomic E-state index is 10.9. The second-order valence-electron chi connectivity index (χ2n) is 6.43. The molecular weight excluding hydrogens is 260 g/mol. The second kappa shape index (κ2) is 15.9. The first kappa shape index (κ1) is 20.5. The summed E-state index contributed by atoms with van der Waals surface area (Å²) in [4.78, 5) is 10.9. The van der Waals surface area contributed by atoms with Gasteiger partial charge >= 0.3 is 5.97 Å². The van der Waals surface area contributed by atoms with Gasteiger partial charge in [-0.1, -0.05) is 84.5 Å². The average molecular weight is 299 g/mol. The van der Waals surface area contributed by atoms with E-state index in [-0.39, 0.29) is 5.97 Å². The van der Waals surface area contributed by atoms with Gasteiger partial charge in [0, 0.05) is 6.92 Å². The molecule has 0 aliphatic carbocycles. The van der Waals surface area contributed by atoms with Crippen LogP contribution >= 0.6 is 0 Å². The van der Waals surface area contributed by atoms with Crippen LogP contribution in [0.5, 0.6) is 0 Å². The van der Waals surface area contributed by atoms with Crippen molar-refractivity contribution in [2.24, 2.45) is 5.92 Å². The van der Waals surface area contributed by atoms with Crippen molar-refractivity contribution in [3.63, 3.8) is 0 Å². The number of hydrogen-bond acceptors (Lipinski definition) is 2. The van der Waals surface area contributed by atoms with Gasteiger partial charge in [0.15, 0.2) is 0 Å². The fraction of sp³-hybridized carbons (Fsp3) is 0.947. The van der Waals surface area contributed by atoms with E-state index in [4.69, 9.17) is 4.74 Å². The SMILES string of the molecule is CCCCCCCCCCCCC(CCC)COC(C)=O. The molecule has 21 heavy (non-hydrogen) atoms. The third-order valence-electron chi connectivity index (χ3n) is 4.19. The van der Waals surface area contributed by atoms with Crippen LogP contribution in [0.3, 0.4) is 0 Å². The molecule has 126 valence electrons. The highest BCUT2D eigenvalue weighted by molar-refractivity contribution is 5.65. The number of carbonyl (C=O) groups is 1. The highest BCUT2D eigenvalue weighted by Gasteiger charge is 2.09. The lowest BCUT2D eigenvalue weighted by Crippen LogP contribution is -2.12. The molecule has 0 spiro atoms. The largest absolute Gasteiger partial charge is 0.466 e. The number of unbranched alkanes of at least 4 members (excludes halogenated alkanes) is 9. The summed E-state index contributed by atoms with van der Waals surface area (Å²) in [7, 11) is 0. The number of hydrogen-bond donors (Lipinski definition) is 0. The summed E-state index contributed by atoms with van der Waals surface area (Å²) in [5.41, 5.74) is 0. The predicted molar refractivity (Wildman–Crippen MR) is 91.5 cm³/mol. The lowest BCUT2D eigenvalue weighted by molar-refractivity contribution is -0.142. The van der Waals surface area contributed by atoms with E-state index >= 15 is 0 Å². The van der Waals surface area contributed by atoms with Crippen LogP contribution in [0.15, 0.2) is 0 Å². The molecule has 0 heterocycles. The van der Waals surface area contributed by atoms with Gasteiger partial charge in [0.2, 0.25) is 0 Å². The Morgan fingerprint density at radius 1 is 0.762 bits per heavy atom. The Bertz CT molecular complexity index is 226. The maximum Gasteiger partial charge on any atom is 0.302 e. The van der Waals surface area contributed by atoms with Gasteiger partial charge < -0.3 is 4.74 Å². The second-order valence-corrected chi connectivity index (χ2v) is 6.43. The van der Waals surface area contributed by atoms with E-state index in [0.717, 1.165) is 0 Å². The van der Waals surface area contributed by atoms with Crippen molar-refractivity contribution in [2.45, 2.75) is 104 Å². The molecule has 0 aliphatic heterocycles. The van der Waals surface area contributed by atoms with Crippen LogP contribution in [0.25, 0.3) is 0 Å². The molecule has 0 N–H and O–H groups in total. The topological polar surface area (TPSA) is 26.3 Å².